The molecule has 2 saturated heterocycles. The van der Waals surface area contributed by atoms with Crippen molar-refractivity contribution in [3.63, 3.8) is 0 Å². The average molecular weight is 316 g/mol. The van der Waals surface area contributed by atoms with Gasteiger partial charge in [-0.25, -0.2) is 4.99 Å². The molecule has 0 radical (unpaired) electrons. The molecule has 0 aromatic heterocycles. The summed E-state index contributed by atoms with van der Waals surface area (Å²) in [6.07, 6.45) is 2.74. The Balaban J connectivity index is 1.59. The van der Waals surface area contributed by atoms with Gasteiger partial charge in [0.2, 0.25) is 5.91 Å². The molecule has 0 aliphatic carbocycles. The number of anilines is 1. The molecule has 2 heterocycles. The largest absolute Gasteiger partial charge is 0.378 e. The van der Waals surface area contributed by atoms with Crippen LogP contribution >= 0.6 is 0 Å². The molecule has 2 fully saturated rings. The summed E-state index contributed by atoms with van der Waals surface area (Å²) >= 11 is 0. The molecule has 2 aliphatic rings. The second-order valence-corrected chi connectivity index (χ2v) is 5.94. The summed E-state index contributed by atoms with van der Waals surface area (Å²) < 4.78 is 5.31. The van der Waals surface area contributed by atoms with Gasteiger partial charge in [0.25, 0.3) is 0 Å². The lowest BCUT2D eigenvalue weighted by Gasteiger charge is -2.27. The molecule has 1 aromatic carbocycles. The maximum absolute atomic E-state index is 11.9. The zero-order valence-electron chi connectivity index (χ0n) is 13.4. The van der Waals surface area contributed by atoms with Crippen molar-refractivity contribution in [1.29, 1.82) is 0 Å². The van der Waals surface area contributed by atoms with E-state index in [1.807, 2.05) is 34.1 Å². The molecule has 0 saturated carbocycles. The average Bonchev–Trinajstić information content (AvgIpc) is 2.61. The maximum atomic E-state index is 11.9. The fourth-order valence-electron chi connectivity index (χ4n) is 2.92. The number of nitrogens with zero attached hydrogens (tertiary/aromatic N) is 3. The molecule has 23 heavy (non-hydrogen) atoms. The molecule has 0 bridgehead atoms. The van der Waals surface area contributed by atoms with E-state index in [1.54, 1.807) is 0 Å². The SMILES string of the molecule is NC(=NCc1ccc(N2CCCCC2=O)cc1)N1CCOCC1. The number of piperidine rings is 1. The van der Waals surface area contributed by atoms with E-state index in [0.717, 1.165) is 43.7 Å². The number of aliphatic imine (C=N–C) groups is 1. The highest BCUT2D eigenvalue weighted by atomic mass is 16.5. The predicted molar refractivity (Wildman–Crippen MR) is 90.4 cm³/mol. The van der Waals surface area contributed by atoms with Gasteiger partial charge in [0.15, 0.2) is 5.96 Å². The first-order valence-corrected chi connectivity index (χ1v) is 8.26. The lowest BCUT2D eigenvalue weighted by molar-refractivity contribution is -0.119. The number of morpholine rings is 1. The topological polar surface area (TPSA) is 71.2 Å². The van der Waals surface area contributed by atoms with Crippen LogP contribution in [0.1, 0.15) is 24.8 Å². The Labute approximate surface area is 136 Å². The Bertz CT molecular complexity index is 564. The Morgan fingerprint density at radius 2 is 1.87 bits per heavy atom. The van der Waals surface area contributed by atoms with Gasteiger partial charge in [-0.1, -0.05) is 12.1 Å². The normalized spacial score (nSPS) is 20.0. The van der Waals surface area contributed by atoms with Crippen LogP contribution in [0, 0.1) is 0 Å². The van der Waals surface area contributed by atoms with Crippen LogP contribution in [-0.2, 0) is 16.1 Å². The quantitative estimate of drug-likeness (QED) is 0.675. The minimum absolute atomic E-state index is 0.221. The van der Waals surface area contributed by atoms with Gasteiger partial charge in [0, 0.05) is 31.7 Å². The minimum Gasteiger partial charge on any atom is -0.378 e. The van der Waals surface area contributed by atoms with Crippen molar-refractivity contribution in [2.24, 2.45) is 10.7 Å². The summed E-state index contributed by atoms with van der Waals surface area (Å²) in [7, 11) is 0. The van der Waals surface area contributed by atoms with Gasteiger partial charge < -0.3 is 20.3 Å². The fourth-order valence-corrected chi connectivity index (χ4v) is 2.92. The van der Waals surface area contributed by atoms with E-state index in [-0.39, 0.29) is 5.91 Å². The molecule has 0 atom stereocenters. The monoisotopic (exact) mass is 316 g/mol. The molecule has 0 unspecified atom stereocenters. The number of ether oxygens (including phenoxy) is 1. The number of carbonyl (C=O) groups is 1. The lowest BCUT2D eigenvalue weighted by atomic mass is 10.1. The third-order valence-electron chi connectivity index (χ3n) is 4.33. The second kappa shape index (κ2) is 7.46. The number of guanidine groups is 1. The third kappa shape index (κ3) is 4.01. The van der Waals surface area contributed by atoms with E-state index in [4.69, 9.17) is 10.5 Å². The molecule has 2 aliphatic heterocycles. The molecule has 2 N–H and O–H groups in total. The van der Waals surface area contributed by atoms with Gasteiger partial charge in [-0.3, -0.25) is 4.79 Å². The van der Waals surface area contributed by atoms with Crippen LogP contribution < -0.4 is 10.6 Å². The van der Waals surface area contributed by atoms with Crippen molar-refractivity contribution in [3.05, 3.63) is 29.8 Å². The molecule has 6 nitrogen and oxygen atoms in total. The van der Waals surface area contributed by atoms with E-state index in [2.05, 4.69) is 4.99 Å². The summed E-state index contributed by atoms with van der Waals surface area (Å²) in [5.74, 6) is 0.794. The summed E-state index contributed by atoms with van der Waals surface area (Å²) in [4.78, 5) is 20.3. The van der Waals surface area contributed by atoms with Gasteiger partial charge in [-0.15, -0.1) is 0 Å². The highest BCUT2D eigenvalue weighted by molar-refractivity contribution is 5.93. The summed E-state index contributed by atoms with van der Waals surface area (Å²) in [5, 5.41) is 0. The first-order chi connectivity index (χ1) is 11.2. The first-order valence-electron chi connectivity index (χ1n) is 8.26. The first kappa shape index (κ1) is 15.8. The van der Waals surface area contributed by atoms with Crippen LogP contribution in [0.25, 0.3) is 0 Å². The van der Waals surface area contributed by atoms with Gasteiger partial charge >= 0.3 is 0 Å². The van der Waals surface area contributed by atoms with Gasteiger partial charge in [-0.05, 0) is 30.5 Å². The maximum Gasteiger partial charge on any atom is 0.226 e. The number of benzene rings is 1. The van der Waals surface area contributed by atoms with Crippen LogP contribution in [0.3, 0.4) is 0 Å². The van der Waals surface area contributed by atoms with Gasteiger partial charge in [-0.2, -0.15) is 0 Å². The fraction of sp³-hybridized carbons (Fsp3) is 0.529. The van der Waals surface area contributed by atoms with Crippen molar-refractivity contribution < 1.29 is 9.53 Å². The second-order valence-electron chi connectivity index (χ2n) is 5.94. The van der Waals surface area contributed by atoms with E-state index in [0.29, 0.717) is 32.1 Å². The van der Waals surface area contributed by atoms with Crippen molar-refractivity contribution in [1.82, 2.24) is 4.90 Å². The minimum atomic E-state index is 0.221. The van der Waals surface area contributed by atoms with Crippen LogP contribution in [0.5, 0.6) is 0 Å². The smallest absolute Gasteiger partial charge is 0.226 e. The van der Waals surface area contributed by atoms with Crippen LogP contribution in [-0.4, -0.2) is 49.6 Å². The summed E-state index contributed by atoms with van der Waals surface area (Å²) in [6.45, 7) is 4.37. The van der Waals surface area contributed by atoms with Crippen LogP contribution in [0.15, 0.2) is 29.3 Å². The Kier molecular flexibility index (Phi) is 5.12. The number of amides is 1. The van der Waals surface area contributed by atoms with Crippen LogP contribution in [0.2, 0.25) is 0 Å². The molecule has 6 heteroatoms. The Hall–Kier alpha value is -2.08. The van der Waals surface area contributed by atoms with Crippen molar-refractivity contribution in [2.75, 3.05) is 37.7 Å². The molecular formula is C17H24N4O2. The standard InChI is InChI=1S/C17H24N4O2/c18-17(20-9-11-23-12-10-20)19-13-14-4-6-15(7-5-14)21-8-2-1-3-16(21)22/h4-7H,1-3,8-13H2,(H2,18,19). The van der Waals surface area contributed by atoms with E-state index in [9.17, 15) is 4.79 Å². The Morgan fingerprint density at radius 3 is 2.57 bits per heavy atom. The van der Waals surface area contributed by atoms with E-state index >= 15 is 0 Å². The molecular weight excluding hydrogens is 292 g/mol. The Morgan fingerprint density at radius 1 is 1.13 bits per heavy atom. The number of hydrogen-bond donors (Lipinski definition) is 1. The molecule has 0 spiro atoms. The van der Waals surface area contributed by atoms with Crippen molar-refractivity contribution >= 4 is 17.6 Å². The third-order valence-corrected chi connectivity index (χ3v) is 4.33. The zero-order chi connectivity index (χ0) is 16.1. The number of carbonyl (C=O) groups excluding carboxylic acids is 1. The van der Waals surface area contributed by atoms with Crippen molar-refractivity contribution in [2.45, 2.75) is 25.8 Å². The predicted octanol–water partition coefficient (Wildman–Crippen LogP) is 1.35. The molecule has 1 amide bonds. The highest BCUT2D eigenvalue weighted by Gasteiger charge is 2.19. The van der Waals surface area contributed by atoms with E-state index < -0.39 is 0 Å². The number of nitrogens with two attached hydrogens (primary N) is 1. The zero-order valence-corrected chi connectivity index (χ0v) is 13.4. The number of rotatable bonds is 3. The summed E-state index contributed by atoms with van der Waals surface area (Å²) in [5.41, 5.74) is 8.10. The van der Waals surface area contributed by atoms with E-state index in [1.165, 1.54) is 0 Å². The van der Waals surface area contributed by atoms with Crippen LogP contribution in [0.4, 0.5) is 5.69 Å². The van der Waals surface area contributed by atoms with Crippen molar-refractivity contribution in [3.8, 4) is 0 Å². The highest BCUT2D eigenvalue weighted by Crippen LogP contribution is 2.21. The summed E-state index contributed by atoms with van der Waals surface area (Å²) in [6, 6.07) is 8.04. The molecule has 124 valence electrons. The number of hydrogen-bond acceptors (Lipinski definition) is 3. The molecule has 3 rings (SSSR count). The van der Waals surface area contributed by atoms with Gasteiger partial charge in [0.05, 0.1) is 19.8 Å². The lowest BCUT2D eigenvalue weighted by Crippen LogP contribution is -2.44. The molecule has 1 aromatic rings. The van der Waals surface area contributed by atoms with Gasteiger partial charge in [0.1, 0.15) is 0 Å².